The maximum absolute atomic E-state index is 11.3. The van der Waals surface area contributed by atoms with Gasteiger partial charge in [0.25, 0.3) is 5.56 Å². The Hall–Kier alpha value is -1.07. The second-order valence-corrected chi connectivity index (χ2v) is 4.36. The zero-order chi connectivity index (χ0) is 9.97. The lowest BCUT2D eigenvalue weighted by molar-refractivity contribution is 0.947. The number of thiophene rings is 1. The summed E-state index contributed by atoms with van der Waals surface area (Å²) >= 11 is 3.01. The Morgan fingerprint density at radius 1 is 1.57 bits per heavy atom. The first-order chi connectivity index (χ1) is 6.79. The van der Waals surface area contributed by atoms with Gasteiger partial charge in [-0.3, -0.25) is 4.79 Å². The Morgan fingerprint density at radius 2 is 2.43 bits per heavy atom. The lowest BCUT2D eigenvalue weighted by Crippen LogP contribution is -2.07. The van der Waals surface area contributed by atoms with Gasteiger partial charge in [-0.1, -0.05) is 17.8 Å². The van der Waals surface area contributed by atoms with Gasteiger partial charge in [0.1, 0.15) is 0 Å². The fourth-order valence-corrected chi connectivity index (χ4v) is 2.16. The molecule has 0 aliphatic heterocycles. The van der Waals surface area contributed by atoms with Crippen molar-refractivity contribution in [3.8, 4) is 10.6 Å². The Balaban J connectivity index is 2.54. The average molecular weight is 224 g/mol. The summed E-state index contributed by atoms with van der Waals surface area (Å²) in [6.07, 6.45) is 1.89. The average Bonchev–Trinajstić information content (AvgIpc) is 2.69. The minimum Gasteiger partial charge on any atom is -0.301 e. The van der Waals surface area contributed by atoms with Gasteiger partial charge in [0.15, 0.2) is 5.16 Å². The van der Waals surface area contributed by atoms with Crippen LogP contribution in [0.5, 0.6) is 0 Å². The predicted octanol–water partition coefficient (Wildman–Crippen LogP) is 2.22. The standard InChI is InChI=1S/C9H8N2OS2/c1-13-9-10-6(5-8(12)11-9)7-3-2-4-14-7/h2-5H,1H3,(H,10,11,12). The number of H-pyrrole nitrogens is 1. The molecule has 0 saturated carbocycles. The SMILES string of the molecule is CSc1nc(-c2cccs2)cc(=O)[nH]1. The van der Waals surface area contributed by atoms with Crippen molar-refractivity contribution in [3.05, 3.63) is 33.9 Å². The number of rotatable bonds is 2. The van der Waals surface area contributed by atoms with Crippen molar-refractivity contribution >= 4 is 23.1 Å². The molecule has 0 aliphatic carbocycles. The third-order valence-corrected chi connectivity index (χ3v) is 3.16. The van der Waals surface area contributed by atoms with E-state index in [1.807, 2.05) is 23.8 Å². The Bertz CT molecular complexity index is 476. The largest absolute Gasteiger partial charge is 0.301 e. The molecule has 0 spiro atoms. The van der Waals surface area contributed by atoms with Gasteiger partial charge >= 0.3 is 0 Å². The van der Waals surface area contributed by atoms with Crippen LogP contribution in [0, 0.1) is 0 Å². The van der Waals surface area contributed by atoms with Crippen molar-refractivity contribution in [1.82, 2.24) is 9.97 Å². The van der Waals surface area contributed by atoms with Crippen LogP contribution in [0.2, 0.25) is 0 Å². The molecule has 5 heteroatoms. The molecule has 0 radical (unpaired) electrons. The summed E-state index contributed by atoms with van der Waals surface area (Å²) in [4.78, 5) is 19.3. The van der Waals surface area contributed by atoms with E-state index in [2.05, 4.69) is 9.97 Å². The Morgan fingerprint density at radius 3 is 3.07 bits per heavy atom. The minimum atomic E-state index is -0.104. The van der Waals surface area contributed by atoms with Crippen LogP contribution >= 0.6 is 23.1 Å². The lowest BCUT2D eigenvalue weighted by atomic mass is 10.3. The van der Waals surface area contributed by atoms with E-state index in [-0.39, 0.29) is 5.56 Å². The molecule has 1 N–H and O–H groups in total. The van der Waals surface area contributed by atoms with E-state index in [1.54, 1.807) is 11.3 Å². The highest BCUT2D eigenvalue weighted by Gasteiger charge is 2.03. The number of hydrogen-bond donors (Lipinski definition) is 1. The molecule has 0 fully saturated rings. The third-order valence-electron chi connectivity index (χ3n) is 1.69. The highest BCUT2D eigenvalue weighted by molar-refractivity contribution is 7.98. The normalized spacial score (nSPS) is 10.4. The summed E-state index contributed by atoms with van der Waals surface area (Å²) in [5, 5.41) is 2.62. The Kier molecular flexibility index (Phi) is 2.69. The maximum atomic E-state index is 11.3. The van der Waals surface area contributed by atoms with E-state index < -0.39 is 0 Å². The smallest absolute Gasteiger partial charge is 0.252 e. The molecular formula is C9H8N2OS2. The van der Waals surface area contributed by atoms with Crippen LogP contribution in [0.15, 0.2) is 33.5 Å². The van der Waals surface area contributed by atoms with Crippen molar-refractivity contribution < 1.29 is 0 Å². The maximum Gasteiger partial charge on any atom is 0.252 e. The van der Waals surface area contributed by atoms with Crippen LogP contribution in [0.4, 0.5) is 0 Å². The molecule has 72 valence electrons. The predicted molar refractivity (Wildman–Crippen MR) is 60.0 cm³/mol. The van der Waals surface area contributed by atoms with E-state index in [9.17, 15) is 4.79 Å². The summed E-state index contributed by atoms with van der Waals surface area (Å²) in [5.74, 6) is 0. The fourth-order valence-electron chi connectivity index (χ4n) is 1.08. The highest BCUT2D eigenvalue weighted by Crippen LogP contribution is 2.22. The summed E-state index contributed by atoms with van der Waals surface area (Å²) in [6, 6.07) is 5.42. The van der Waals surface area contributed by atoms with E-state index in [0.29, 0.717) is 5.16 Å². The third kappa shape index (κ3) is 1.88. The number of aromatic nitrogens is 2. The molecular weight excluding hydrogens is 216 g/mol. The fraction of sp³-hybridized carbons (Fsp3) is 0.111. The molecule has 2 heterocycles. The molecule has 2 aromatic heterocycles. The molecule has 0 amide bonds. The molecule has 14 heavy (non-hydrogen) atoms. The zero-order valence-corrected chi connectivity index (χ0v) is 9.11. The number of nitrogens with zero attached hydrogens (tertiary/aromatic N) is 1. The topological polar surface area (TPSA) is 45.8 Å². The number of nitrogens with one attached hydrogen (secondary N) is 1. The number of aromatic amines is 1. The first kappa shape index (κ1) is 9.48. The van der Waals surface area contributed by atoms with Gasteiger partial charge in [0, 0.05) is 6.07 Å². The molecule has 0 saturated heterocycles. The summed E-state index contributed by atoms with van der Waals surface area (Å²) in [5.41, 5.74) is 0.640. The molecule has 0 bridgehead atoms. The van der Waals surface area contributed by atoms with Gasteiger partial charge in [0.05, 0.1) is 10.6 Å². The quantitative estimate of drug-likeness (QED) is 0.628. The van der Waals surface area contributed by atoms with Gasteiger partial charge in [-0.25, -0.2) is 4.98 Å². The van der Waals surface area contributed by atoms with Crippen molar-refractivity contribution in [2.75, 3.05) is 6.26 Å². The summed E-state index contributed by atoms with van der Waals surface area (Å²) in [6.45, 7) is 0. The van der Waals surface area contributed by atoms with Crippen LogP contribution < -0.4 is 5.56 Å². The van der Waals surface area contributed by atoms with Gasteiger partial charge in [0.2, 0.25) is 0 Å². The second-order valence-electron chi connectivity index (χ2n) is 2.62. The van der Waals surface area contributed by atoms with Crippen LogP contribution in [-0.2, 0) is 0 Å². The summed E-state index contributed by atoms with van der Waals surface area (Å²) in [7, 11) is 0. The number of thioether (sulfide) groups is 1. The Labute approximate surface area is 89.2 Å². The van der Waals surface area contributed by atoms with Gasteiger partial charge in [-0.15, -0.1) is 11.3 Å². The molecule has 0 atom stereocenters. The van der Waals surface area contributed by atoms with E-state index in [0.717, 1.165) is 10.6 Å². The van der Waals surface area contributed by atoms with Crippen molar-refractivity contribution in [3.63, 3.8) is 0 Å². The van der Waals surface area contributed by atoms with E-state index >= 15 is 0 Å². The van der Waals surface area contributed by atoms with E-state index in [1.165, 1.54) is 17.8 Å². The second kappa shape index (κ2) is 3.98. The van der Waals surface area contributed by atoms with Gasteiger partial charge in [-0.05, 0) is 17.7 Å². The van der Waals surface area contributed by atoms with Gasteiger partial charge < -0.3 is 4.98 Å². The molecule has 0 aromatic carbocycles. The molecule has 0 unspecified atom stereocenters. The van der Waals surface area contributed by atoms with Crippen molar-refractivity contribution in [2.45, 2.75) is 5.16 Å². The molecule has 2 aromatic rings. The monoisotopic (exact) mass is 224 g/mol. The molecule has 2 rings (SSSR count). The van der Waals surface area contributed by atoms with Crippen LogP contribution in [0.3, 0.4) is 0 Å². The molecule has 3 nitrogen and oxygen atoms in total. The number of hydrogen-bond acceptors (Lipinski definition) is 4. The van der Waals surface area contributed by atoms with Crippen molar-refractivity contribution in [2.24, 2.45) is 0 Å². The first-order valence-corrected chi connectivity index (χ1v) is 6.09. The van der Waals surface area contributed by atoms with E-state index in [4.69, 9.17) is 0 Å². The van der Waals surface area contributed by atoms with Crippen molar-refractivity contribution in [1.29, 1.82) is 0 Å². The first-order valence-electron chi connectivity index (χ1n) is 3.99. The minimum absolute atomic E-state index is 0.104. The van der Waals surface area contributed by atoms with Crippen LogP contribution in [-0.4, -0.2) is 16.2 Å². The van der Waals surface area contributed by atoms with Crippen LogP contribution in [0.1, 0.15) is 0 Å². The zero-order valence-electron chi connectivity index (χ0n) is 7.48. The molecule has 0 aliphatic rings. The lowest BCUT2D eigenvalue weighted by Gasteiger charge is -1.98. The van der Waals surface area contributed by atoms with Gasteiger partial charge in [-0.2, -0.15) is 0 Å². The highest BCUT2D eigenvalue weighted by atomic mass is 32.2. The summed E-state index contributed by atoms with van der Waals surface area (Å²) < 4.78 is 0. The van der Waals surface area contributed by atoms with Crippen LogP contribution in [0.25, 0.3) is 10.6 Å².